The van der Waals surface area contributed by atoms with Gasteiger partial charge in [-0.25, -0.2) is 9.50 Å². The molecule has 0 aliphatic rings. The molecule has 3 rings (SSSR count). The largest absolute Gasteiger partial charge is 0.453 e. The van der Waals surface area contributed by atoms with Crippen molar-refractivity contribution in [1.29, 1.82) is 0 Å². The molecule has 0 saturated carbocycles. The monoisotopic (exact) mass is 353 g/mol. The fraction of sp³-hybridized carbons (Fsp3) is 0.357. The Balaban J connectivity index is 1.91. The fourth-order valence-electron chi connectivity index (χ4n) is 2.41. The van der Waals surface area contributed by atoms with Gasteiger partial charge < -0.3 is 5.32 Å². The lowest BCUT2D eigenvalue weighted by atomic mass is 10.1. The van der Waals surface area contributed by atoms with Crippen LogP contribution in [0.2, 0.25) is 0 Å². The van der Waals surface area contributed by atoms with Crippen LogP contribution in [0.15, 0.2) is 12.3 Å². The van der Waals surface area contributed by atoms with Crippen LogP contribution in [0.1, 0.15) is 22.8 Å². The number of rotatable bonds is 3. The van der Waals surface area contributed by atoms with Gasteiger partial charge in [-0.2, -0.15) is 23.3 Å². The van der Waals surface area contributed by atoms with Crippen LogP contribution >= 0.6 is 0 Å². The first-order valence-corrected chi connectivity index (χ1v) is 7.24. The Morgan fingerprint density at radius 3 is 2.56 bits per heavy atom. The van der Waals surface area contributed by atoms with Gasteiger partial charge in [0.2, 0.25) is 5.91 Å². The summed E-state index contributed by atoms with van der Waals surface area (Å²) in [6.07, 6.45) is -3.06. The van der Waals surface area contributed by atoms with E-state index in [0.717, 1.165) is 4.52 Å². The number of alkyl halides is 3. The van der Waals surface area contributed by atoms with Crippen LogP contribution in [-0.4, -0.2) is 35.3 Å². The number of carbonyl (C=O) groups is 1. The second-order valence-electron chi connectivity index (χ2n) is 5.51. The smallest absolute Gasteiger partial charge is 0.309 e. The molecule has 0 fully saturated rings. The molecule has 0 aliphatic heterocycles. The van der Waals surface area contributed by atoms with Gasteiger partial charge in [-0.15, -0.1) is 5.10 Å². The molecule has 3 aromatic rings. The van der Waals surface area contributed by atoms with E-state index in [1.165, 1.54) is 4.68 Å². The van der Waals surface area contributed by atoms with Crippen molar-refractivity contribution in [3.8, 4) is 0 Å². The second kappa shape index (κ2) is 5.83. The van der Waals surface area contributed by atoms with Gasteiger partial charge in [0.1, 0.15) is 0 Å². The van der Waals surface area contributed by atoms with Crippen LogP contribution in [0.3, 0.4) is 0 Å². The van der Waals surface area contributed by atoms with Crippen LogP contribution in [0, 0.1) is 13.8 Å². The number of fused-ring (bicyclic) bond motifs is 1. The third-order valence-corrected chi connectivity index (χ3v) is 3.62. The second-order valence-corrected chi connectivity index (χ2v) is 5.51. The van der Waals surface area contributed by atoms with Crippen LogP contribution in [0.25, 0.3) is 5.78 Å². The molecule has 0 unspecified atom stereocenters. The number of aryl methyl sites for hydroxylation is 3. The number of aromatic nitrogens is 6. The SMILES string of the molecule is Cc1nc2nc(C(F)(F)F)nn2c(C)c1CC(=O)Nc1ccn(C)n1. The number of anilines is 1. The van der Waals surface area contributed by atoms with E-state index in [1.54, 1.807) is 33.2 Å². The highest BCUT2D eigenvalue weighted by Gasteiger charge is 2.37. The summed E-state index contributed by atoms with van der Waals surface area (Å²) in [5.41, 5.74) is 1.28. The van der Waals surface area contributed by atoms with Crippen LogP contribution in [0.5, 0.6) is 0 Å². The molecule has 11 heteroatoms. The molecule has 8 nitrogen and oxygen atoms in total. The Labute approximate surface area is 139 Å². The molecule has 3 aromatic heterocycles. The molecule has 1 N–H and O–H groups in total. The minimum atomic E-state index is -4.66. The predicted molar refractivity (Wildman–Crippen MR) is 80.8 cm³/mol. The first-order valence-electron chi connectivity index (χ1n) is 7.24. The summed E-state index contributed by atoms with van der Waals surface area (Å²) in [5, 5.41) is 10.1. The molecule has 0 atom stereocenters. The number of hydrogen-bond donors (Lipinski definition) is 1. The Morgan fingerprint density at radius 2 is 1.96 bits per heavy atom. The van der Waals surface area contributed by atoms with Crippen molar-refractivity contribution in [3.63, 3.8) is 0 Å². The molecule has 0 spiro atoms. The Morgan fingerprint density at radius 1 is 1.24 bits per heavy atom. The van der Waals surface area contributed by atoms with Crippen molar-refractivity contribution < 1.29 is 18.0 Å². The molecule has 1 amide bonds. The van der Waals surface area contributed by atoms with Gasteiger partial charge in [-0.3, -0.25) is 9.48 Å². The van der Waals surface area contributed by atoms with E-state index in [2.05, 4.69) is 25.5 Å². The molecule has 3 heterocycles. The molecule has 25 heavy (non-hydrogen) atoms. The highest BCUT2D eigenvalue weighted by atomic mass is 19.4. The Bertz CT molecular complexity index is 957. The topological polar surface area (TPSA) is 90.0 Å². The first-order chi connectivity index (χ1) is 11.6. The zero-order valence-electron chi connectivity index (χ0n) is 13.6. The lowest BCUT2D eigenvalue weighted by molar-refractivity contribution is -0.144. The first kappa shape index (κ1) is 16.9. The number of carbonyl (C=O) groups excluding carboxylic acids is 1. The van der Waals surface area contributed by atoms with Crippen molar-refractivity contribution >= 4 is 17.5 Å². The lowest BCUT2D eigenvalue weighted by Crippen LogP contribution is -2.18. The zero-order chi connectivity index (χ0) is 18.4. The standard InChI is InChI=1S/C14H14F3N7O/c1-7-9(6-11(25)19-10-4-5-23(3)21-10)8(2)24-13(18-7)20-12(22-24)14(15,16)17/h4-5H,6H2,1-3H3,(H,19,21,25). The minimum absolute atomic E-state index is 0.0710. The number of nitrogens with zero attached hydrogens (tertiary/aromatic N) is 6. The van der Waals surface area contributed by atoms with Gasteiger partial charge in [-0.1, -0.05) is 0 Å². The summed E-state index contributed by atoms with van der Waals surface area (Å²) in [4.78, 5) is 19.6. The van der Waals surface area contributed by atoms with Crippen molar-refractivity contribution in [3.05, 3.63) is 35.0 Å². The van der Waals surface area contributed by atoms with E-state index >= 15 is 0 Å². The molecule has 0 saturated heterocycles. The highest BCUT2D eigenvalue weighted by Crippen LogP contribution is 2.27. The van der Waals surface area contributed by atoms with Crippen LogP contribution in [0.4, 0.5) is 19.0 Å². The molecular weight excluding hydrogens is 339 g/mol. The van der Waals surface area contributed by atoms with E-state index in [9.17, 15) is 18.0 Å². The van der Waals surface area contributed by atoms with E-state index in [0.29, 0.717) is 22.8 Å². The highest BCUT2D eigenvalue weighted by molar-refractivity contribution is 5.91. The summed E-state index contributed by atoms with van der Waals surface area (Å²) < 4.78 is 40.9. The van der Waals surface area contributed by atoms with E-state index in [-0.39, 0.29) is 18.1 Å². The lowest BCUT2D eigenvalue weighted by Gasteiger charge is -2.10. The maximum Gasteiger partial charge on any atom is 0.453 e. The van der Waals surface area contributed by atoms with Crippen LogP contribution < -0.4 is 5.32 Å². The van der Waals surface area contributed by atoms with Crippen molar-refractivity contribution in [1.82, 2.24) is 29.4 Å². The van der Waals surface area contributed by atoms with Crippen molar-refractivity contribution in [2.75, 3.05) is 5.32 Å². The van der Waals surface area contributed by atoms with Gasteiger partial charge >= 0.3 is 6.18 Å². The zero-order valence-corrected chi connectivity index (χ0v) is 13.6. The van der Waals surface area contributed by atoms with Crippen molar-refractivity contribution in [2.24, 2.45) is 7.05 Å². The van der Waals surface area contributed by atoms with E-state index in [1.807, 2.05) is 0 Å². The molecule has 0 bridgehead atoms. The quantitative estimate of drug-likeness (QED) is 0.774. The number of halogens is 3. The third-order valence-electron chi connectivity index (χ3n) is 3.62. The number of hydrogen-bond acceptors (Lipinski definition) is 5. The normalized spacial score (nSPS) is 11.9. The summed E-state index contributed by atoms with van der Waals surface area (Å²) in [6, 6.07) is 1.63. The predicted octanol–water partition coefficient (Wildman–Crippen LogP) is 1.67. The van der Waals surface area contributed by atoms with Crippen molar-refractivity contribution in [2.45, 2.75) is 26.4 Å². The van der Waals surface area contributed by atoms with Gasteiger partial charge in [-0.05, 0) is 13.8 Å². The van der Waals surface area contributed by atoms with Gasteiger partial charge in [0.15, 0.2) is 5.82 Å². The summed E-state index contributed by atoms with van der Waals surface area (Å²) >= 11 is 0. The van der Waals surface area contributed by atoms with E-state index < -0.39 is 12.0 Å². The van der Waals surface area contributed by atoms with Gasteiger partial charge in [0, 0.05) is 36.3 Å². The Hall–Kier alpha value is -2.98. The third kappa shape index (κ3) is 3.30. The minimum Gasteiger partial charge on any atom is -0.309 e. The average Bonchev–Trinajstić information content (AvgIpc) is 3.09. The molecule has 0 aromatic carbocycles. The molecule has 0 aliphatic carbocycles. The fourth-order valence-corrected chi connectivity index (χ4v) is 2.41. The number of nitrogens with one attached hydrogen (secondary N) is 1. The summed E-state index contributed by atoms with van der Waals surface area (Å²) in [6.45, 7) is 3.18. The maximum absolute atomic E-state index is 12.8. The van der Waals surface area contributed by atoms with Gasteiger partial charge in [0.25, 0.3) is 11.6 Å². The average molecular weight is 353 g/mol. The Kier molecular flexibility index (Phi) is 3.93. The van der Waals surface area contributed by atoms with E-state index in [4.69, 9.17) is 0 Å². The maximum atomic E-state index is 12.8. The van der Waals surface area contributed by atoms with Crippen LogP contribution in [-0.2, 0) is 24.4 Å². The molecular formula is C14H14F3N7O. The summed E-state index contributed by atoms with van der Waals surface area (Å²) in [5.74, 6) is -1.40. The molecule has 132 valence electrons. The summed E-state index contributed by atoms with van der Waals surface area (Å²) in [7, 11) is 1.71. The number of amides is 1. The van der Waals surface area contributed by atoms with Gasteiger partial charge in [0.05, 0.1) is 6.42 Å². The molecule has 0 radical (unpaired) electrons.